The molecule has 0 aliphatic rings. The number of aromatic amines is 1. The molecule has 2 heterocycles. The monoisotopic (exact) mass is 211 g/mol. The summed E-state index contributed by atoms with van der Waals surface area (Å²) in [7, 11) is 0. The Bertz CT molecular complexity index is 713. The van der Waals surface area contributed by atoms with Gasteiger partial charge in [-0.15, -0.1) is 0 Å². The van der Waals surface area contributed by atoms with E-state index in [1.54, 1.807) is 6.07 Å². The van der Waals surface area contributed by atoms with Gasteiger partial charge in [-0.3, -0.25) is 4.40 Å². The van der Waals surface area contributed by atoms with E-state index in [2.05, 4.69) is 16.0 Å². The summed E-state index contributed by atoms with van der Waals surface area (Å²) in [4.78, 5) is 7.52. The van der Waals surface area contributed by atoms with Crippen LogP contribution in [0.2, 0.25) is 0 Å². The topological polar surface area (TPSA) is 82.9 Å². The molecule has 5 nitrogen and oxygen atoms in total. The maximum absolute atomic E-state index is 8.85. The Balaban J connectivity index is 2.40. The lowest BCUT2D eigenvalue weighted by Gasteiger charge is -1.91. The number of aromatic nitrogens is 3. The first-order valence-corrected chi connectivity index (χ1v) is 4.91. The molecule has 0 aliphatic carbocycles. The fourth-order valence-corrected chi connectivity index (χ4v) is 1.82. The van der Waals surface area contributed by atoms with Gasteiger partial charge in [-0.25, -0.2) is 4.98 Å². The first-order valence-electron chi connectivity index (χ1n) is 4.91. The average molecular weight is 211 g/mol. The van der Waals surface area contributed by atoms with Crippen molar-refractivity contribution in [1.82, 2.24) is 14.4 Å². The Kier molecular flexibility index (Phi) is 1.72. The third kappa shape index (κ3) is 1.11. The smallest absolute Gasteiger partial charge is 0.212 e. The van der Waals surface area contributed by atoms with Gasteiger partial charge in [0.05, 0.1) is 22.7 Å². The zero-order valence-electron chi connectivity index (χ0n) is 8.44. The molecule has 0 saturated heterocycles. The molecule has 78 valence electrons. The number of fused-ring (bicyclic) bond motifs is 3. The minimum absolute atomic E-state index is 0.447. The van der Waals surface area contributed by atoms with Crippen molar-refractivity contribution < 1.29 is 0 Å². The van der Waals surface area contributed by atoms with E-state index in [0.717, 1.165) is 22.5 Å². The van der Waals surface area contributed by atoms with E-state index in [1.807, 2.05) is 22.7 Å². The highest BCUT2D eigenvalue weighted by atomic mass is 15.1. The quantitative estimate of drug-likeness (QED) is 0.633. The molecule has 2 aromatic heterocycles. The van der Waals surface area contributed by atoms with E-state index in [9.17, 15) is 0 Å². The Morgan fingerprint density at radius 2 is 2.38 bits per heavy atom. The van der Waals surface area contributed by atoms with Crippen LogP contribution in [-0.4, -0.2) is 14.4 Å². The SMILES string of the molecule is N#Cc1ccc2nc3[nH]c(CN)cn3c2c1. The third-order valence-corrected chi connectivity index (χ3v) is 2.60. The summed E-state index contributed by atoms with van der Waals surface area (Å²) in [6.45, 7) is 0.447. The standard InChI is InChI=1S/C11H9N5/c12-4-7-1-2-9-10(3-7)16-6-8(5-13)14-11(16)15-9/h1-3,6H,5,13H2,(H,14,15). The minimum Gasteiger partial charge on any atom is -0.326 e. The van der Waals surface area contributed by atoms with Gasteiger partial charge in [0.1, 0.15) is 0 Å². The number of H-pyrrole nitrogens is 1. The predicted molar refractivity (Wildman–Crippen MR) is 59.7 cm³/mol. The zero-order valence-corrected chi connectivity index (χ0v) is 8.44. The number of imidazole rings is 2. The number of rotatable bonds is 1. The van der Waals surface area contributed by atoms with Crippen LogP contribution in [0.4, 0.5) is 0 Å². The van der Waals surface area contributed by atoms with Crippen LogP contribution in [-0.2, 0) is 6.54 Å². The zero-order chi connectivity index (χ0) is 11.1. The molecule has 1 aromatic carbocycles. The summed E-state index contributed by atoms with van der Waals surface area (Å²) in [6, 6.07) is 7.55. The minimum atomic E-state index is 0.447. The molecule has 3 rings (SSSR count). The average Bonchev–Trinajstić information content (AvgIpc) is 2.85. The number of hydrogen-bond acceptors (Lipinski definition) is 3. The first-order chi connectivity index (χ1) is 7.81. The second kappa shape index (κ2) is 3.08. The van der Waals surface area contributed by atoms with Crippen LogP contribution in [0.1, 0.15) is 11.3 Å². The van der Waals surface area contributed by atoms with Crippen LogP contribution in [0.25, 0.3) is 16.8 Å². The highest BCUT2D eigenvalue weighted by molar-refractivity contribution is 5.81. The van der Waals surface area contributed by atoms with Crippen LogP contribution >= 0.6 is 0 Å². The van der Waals surface area contributed by atoms with E-state index in [1.165, 1.54) is 0 Å². The summed E-state index contributed by atoms with van der Waals surface area (Å²) < 4.78 is 1.92. The van der Waals surface area contributed by atoms with E-state index < -0.39 is 0 Å². The van der Waals surface area contributed by atoms with E-state index in [-0.39, 0.29) is 0 Å². The van der Waals surface area contributed by atoms with Gasteiger partial charge in [-0.05, 0) is 18.2 Å². The molecule has 0 saturated carbocycles. The van der Waals surface area contributed by atoms with Gasteiger partial charge in [0.2, 0.25) is 5.78 Å². The lowest BCUT2D eigenvalue weighted by atomic mass is 10.2. The van der Waals surface area contributed by atoms with Gasteiger partial charge < -0.3 is 10.7 Å². The first kappa shape index (κ1) is 8.95. The summed E-state index contributed by atoms with van der Waals surface area (Å²) in [5.41, 5.74) is 8.89. The van der Waals surface area contributed by atoms with Crippen LogP contribution in [0, 0.1) is 11.3 Å². The number of hydrogen-bond donors (Lipinski definition) is 2. The van der Waals surface area contributed by atoms with Gasteiger partial charge in [-0.2, -0.15) is 5.26 Å². The molecule has 5 heteroatoms. The molecule has 0 atom stereocenters. The van der Waals surface area contributed by atoms with Crippen molar-refractivity contribution in [2.24, 2.45) is 5.73 Å². The van der Waals surface area contributed by atoms with Crippen molar-refractivity contribution in [3.8, 4) is 6.07 Å². The summed E-state index contributed by atoms with van der Waals surface area (Å²) in [5.74, 6) is 0.755. The fourth-order valence-electron chi connectivity index (χ4n) is 1.82. The number of nitrogens with one attached hydrogen (secondary N) is 1. The second-order valence-corrected chi connectivity index (χ2v) is 3.60. The highest BCUT2D eigenvalue weighted by Crippen LogP contribution is 2.18. The van der Waals surface area contributed by atoms with Crippen LogP contribution in [0.15, 0.2) is 24.4 Å². The van der Waals surface area contributed by atoms with Gasteiger partial charge in [-0.1, -0.05) is 0 Å². The maximum Gasteiger partial charge on any atom is 0.212 e. The molecular weight excluding hydrogens is 202 g/mol. The fraction of sp³-hybridized carbons (Fsp3) is 0.0909. The summed E-state index contributed by atoms with van der Waals surface area (Å²) in [5, 5.41) is 8.85. The van der Waals surface area contributed by atoms with Crippen LogP contribution < -0.4 is 5.73 Å². The Morgan fingerprint density at radius 1 is 1.50 bits per heavy atom. The van der Waals surface area contributed by atoms with Crippen molar-refractivity contribution in [2.75, 3.05) is 0 Å². The normalized spacial score (nSPS) is 11.0. The number of nitrogens with zero attached hydrogens (tertiary/aromatic N) is 3. The van der Waals surface area contributed by atoms with Gasteiger partial charge in [0.25, 0.3) is 0 Å². The molecule has 3 N–H and O–H groups in total. The maximum atomic E-state index is 8.85. The lowest BCUT2D eigenvalue weighted by molar-refractivity contribution is 1.01. The molecule has 0 fully saturated rings. The van der Waals surface area contributed by atoms with Gasteiger partial charge in [0, 0.05) is 18.4 Å². The molecular formula is C11H9N5. The lowest BCUT2D eigenvalue weighted by Crippen LogP contribution is -1.95. The largest absolute Gasteiger partial charge is 0.326 e. The number of benzene rings is 1. The van der Waals surface area contributed by atoms with E-state index in [0.29, 0.717) is 12.1 Å². The van der Waals surface area contributed by atoms with Crippen molar-refractivity contribution >= 4 is 16.8 Å². The van der Waals surface area contributed by atoms with Crippen molar-refractivity contribution in [3.05, 3.63) is 35.7 Å². The summed E-state index contributed by atoms with van der Waals surface area (Å²) >= 11 is 0. The van der Waals surface area contributed by atoms with E-state index in [4.69, 9.17) is 11.0 Å². The molecule has 0 aliphatic heterocycles. The molecule has 3 aromatic rings. The highest BCUT2D eigenvalue weighted by Gasteiger charge is 2.07. The second-order valence-electron chi connectivity index (χ2n) is 3.60. The van der Waals surface area contributed by atoms with E-state index >= 15 is 0 Å². The summed E-state index contributed by atoms with van der Waals surface area (Å²) in [6.07, 6.45) is 1.91. The molecule has 0 unspecified atom stereocenters. The number of nitrogens with two attached hydrogens (primary N) is 1. The predicted octanol–water partition coefficient (Wildman–Crippen LogP) is 1.15. The molecule has 0 bridgehead atoms. The van der Waals surface area contributed by atoms with Crippen molar-refractivity contribution in [3.63, 3.8) is 0 Å². The van der Waals surface area contributed by atoms with Gasteiger partial charge >= 0.3 is 0 Å². The molecule has 0 radical (unpaired) electrons. The number of nitriles is 1. The van der Waals surface area contributed by atoms with Gasteiger partial charge in [0.15, 0.2) is 0 Å². The molecule has 16 heavy (non-hydrogen) atoms. The van der Waals surface area contributed by atoms with Crippen molar-refractivity contribution in [2.45, 2.75) is 6.54 Å². The van der Waals surface area contributed by atoms with Crippen LogP contribution in [0.5, 0.6) is 0 Å². The Hall–Kier alpha value is -2.32. The Labute approximate surface area is 91.1 Å². The Morgan fingerprint density at radius 3 is 3.12 bits per heavy atom. The van der Waals surface area contributed by atoms with Crippen molar-refractivity contribution in [1.29, 1.82) is 5.26 Å². The third-order valence-electron chi connectivity index (χ3n) is 2.60. The molecule has 0 amide bonds. The molecule has 0 spiro atoms. The van der Waals surface area contributed by atoms with Crippen LogP contribution in [0.3, 0.4) is 0 Å².